The third-order valence-electron chi connectivity index (χ3n) is 5.18. The van der Waals surface area contributed by atoms with E-state index >= 15 is 0 Å². The first-order chi connectivity index (χ1) is 12.2. The minimum Gasteiger partial charge on any atom is -0.352 e. The van der Waals surface area contributed by atoms with Crippen molar-refractivity contribution < 1.29 is 4.79 Å². The maximum absolute atomic E-state index is 12.4. The number of piperidine rings is 1. The van der Waals surface area contributed by atoms with Gasteiger partial charge in [0.05, 0.1) is 6.54 Å². The van der Waals surface area contributed by atoms with Gasteiger partial charge in [-0.1, -0.05) is 31.2 Å². The number of nitrogens with one attached hydrogen (secondary N) is 2. The molecule has 3 rings (SSSR count). The fourth-order valence-corrected chi connectivity index (χ4v) is 3.59. The van der Waals surface area contributed by atoms with Crippen molar-refractivity contribution in [1.82, 2.24) is 20.4 Å². The van der Waals surface area contributed by atoms with Crippen LogP contribution in [-0.2, 0) is 17.9 Å². The molecule has 26 heavy (non-hydrogen) atoms. The molecular formula is C20H29ClN4O. The highest BCUT2D eigenvalue weighted by Crippen LogP contribution is 2.24. The molecule has 2 aromatic rings. The first-order valence-electron chi connectivity index (χ1n) is 9.24. The van der Waals surface area contributed by atoms with Crippen molar-refractivity contribution in [2.45, 2.75) is 39.3 Å². The normalized spacial score (nSPS) is 15.9. The zero-order valence-corrected chi connectivity index (χ0v) is 16.2. The molecule has 1 fully saturated rings. The van der Waals surface area contributed by atoms with Crippen LogP contribution in [0.2, 0.25) is 0 Å². The summed E-state index contributed by atoms with van der Waals surface area (Å²) in [7, 11) is 0. The van der Waals surface area contributed by atoms with E-state index in [2.05, 4.69) is 34.8 Å². The summed E-state index contributed by atoms with van der Waals surface area (Å²) >= 11 is 0. The molecule has 5 nitrogen and oxygen atoms in total. The van der Waals surface area contributed by atoms with Gasteiger partial charge in [0.25, 0.3) is 0 Å². The largest absolute Gasteiger partial charge is 0.352 e. The number of hydrogen-bond donors (Lipinski definition) is 2. The number of benzene rings is 1. The molecule has 1 amide bonds. The highest BCUT2D eigenvalue weighted by Gasteiger charge is 2.21. The molecule has 1 saturated heterocycles. The van der Waals surface area contributed by atoms with Crippen LogP contribution in [-0.4, -0.2) is 28.8 Å². The van der Waals surface area contributed by atoms with Gasteiger partial charge in [-0.15, -0.1) is 12.4 Å². The van der Waals surface area contributed by atoms with Crippen LogP contribution in [0, 0.1) is 11.8 Å². The molecule has 6 heteroatoms. The Bertz CT molecular complexity index is 668. The number of rotatable bonds is 7. The summed E-state index contributed by atoms with van der Waals surface area (Å²) in [6.45, 7) is 5.68. The maximum atomic E-state index is 12.4. The summed E-state index contributed by atoms with van der Waals surface area (Å²) in [5, 5.41) is 10.8. The molecule has 1 unspecified atom stereocenters. The number of halogens is 1. The lowest BCUT2D eigenvalue weighted by Gasteiger charge is -2.27. The average Bonchev–Trinajstić information content (AvgIpc) is 3.15. The van der Waals surface area contributed by atoms with Crippen molar-refractivity contribution in [3.05, 3.63) is 53.9 Å². The molecule has 0 bridgehead atoms. The standard InChI is InChI=1S/C20H28N4O.ClH/c1-16(17-7-10-21-11-8-17)13-20(25)22-14-18-5-2-3-6-19(18)15-24-12-4-9-23-24;/h2-6,9,12,16-17,21H,7-8,10-11,13-15H2,1H3,(H,22,25);1H. The van der Waals surface area contributed by atoms with Crippen molar-refractivity contribution in [3.8, 4) is 0 Å². The average molecular weight is 377 g/mol. The van der Waals surface area contributed by atoms with Gasteiger partial charge in [-0.3, -0.25) is 9.48 Å². The van der Waals surface area contributed by atoms with Crippen molar-refractivity contribution in [2.75, 3.05) is 13.1 Å². The summed E-state index contributed by atoms with van der Waals surface area (Å²) < 4.78 is 1.90. The van der Waals surface area contributed by atoms with Gasteiger partial charge in [0.2, 0.25) is 5.91 Å². The fourth-order valence-electron chi connectivity index (χ4n) is 3.59. The summed E-state index contributed by atoms with van der Waals surface area (Å²) in [5.41, 5.74) is 2.35. The Labute approximate surface area is 162 Å². The topological polar surface area (TPSA) is 59.0 Å². The van der Waals surface area contributed by atoms with Gasteiger partial charge in [-0.05, 0) is 55.0 Å². The zero-order valence-electron chi connectivity index (χ0n) is 15.4. The van der Waals surface area contributed by atoms with Gasteiger partial charge >= 0.3 is 0 Å². The van der Waals surface area contributed by atoms with Crippen molar-refractivity contribution >= 4 is 18.3 Å². The van der Waals surface area contributed by atoms with E-state index in [9.17, 15) is 4.79 Å². The van der Waals surface area contributed by atoms with Crippen LogP contribution in [0.15, 0.2) is 42.7 Å². The Morgan fingerprint density at radius 3 is 2.69 bits per heavy atom. The first-order valence-corrected chi connectivity index (χ1v) is 9.24. The molecule has 0 radical (unpaired) electrons. The molecule has 0 spiro atoms. The highest BCUT2D eigenvalue weighted by molar-refractivity contribution is 5.85. The fraction of sp³-hybridized carbons (Fsp3) is 0.500. The molecule has 1 aromatic carbocycles. The quantitative estimate of drug-likeness (QED) is 0.781. The van der Waals surface area contributed by atoms with Crippen LogP contribution in [0.5, 0.6) is 0 Å². The second-order valence-electron chi connectivity index (χ2n) is 7.02. The number of hydrogen-bond acceptors (Lipinski definition) is 3. The van der Waals surface area contributed by atoms with E-state index in [1.165, 1.54) is 18.4 Å². The summed E-state index contributed by atoms with van der Waals surface area (Å²) in [6, 6.07) is 10.2. The second kappa shape index (κ2) is 10.3. The van der Waals surface area contributed by atoms with E-state index in [1.807, 2.05) is 29.1 Å². The van der Waals surface area contributed by atoms with Crippen LogP contribution < -0.4 is 10.6 Å². The van der Waals surface area contributed by atoms with Crippen LogP contribution in [0.1, 0.15) is 37.3 Å². The van der Waals surface area contributed by atoms with Gasteiger partial charge in [0, 0.05) is 25.4 Å². The first kappa shape index (κ1) is 20.5. The summed E-state index contributed by atoms with van der Waals surface area (Å²) in [5.74, 6) is 1.26. The number of aromatic nitrogens is 2. The van der Waals surface area contributed by atoms with E-state index in [4.69, 9.17) is 0 Å². The van der Waals surface area contributed by atoms with E-state index in [0.717, 1.165) is 25.2 Å². The molecule has 2 N–H and O–H groups in total. The lowest BCUT2D eigenvalue weighted by molar-refractivity contribution is -0.122. The number of carbonyl (C=O) groups is 1. The number of amides is 1. The molecule has 0 saturated carbocycles. The Morgan fingerprint density at radius 1 is 1.27 bits per heavy atom. The minimum absolute atomic E-state index is 0. The Kier molecular flexibility index (Phi) is 8.13. The molecule has 0 aliphatic carbocycles. The third kappa shape index (κ3) is 5.85. The lowest BCUT2D eigenvalue weighted by atomic mass is 9.84. The maximum Gasteiger partial charge on any atom is 0.220 e. The predicted molar refractivity (Wildman–Crippen MR) is 106 cm³/mol. The summed E-state index contributed by atoms with van der Waals surface area (Å²) in [6.07, 6.45) is 6.72. The van der Waals surface area contributed by atoms with E-state index in [1.54, 1.807) is 6.20 Å². The van der Waals surface area contributed by atoms with E-state index < -0.39 is 0 Å². The van der Waals surface area contributed by atoms with Crippen LogP contribution in [0.4, 0.5) is 0 Å². The summed E-state index contributed by atoms with van der Waals surface area (Å²) in [4.78, 5) is 12.4. The van der Waals surface area contributed by atoms with Crippen molar-refractivity contribution in [1.29, 1.82) is 0 Å². The smallest absolute Gasteiger partial charge is 0.220 e. The Hall–Kier alpha value is -1.85. The Balaban J connectivity index is 0.00000243. The van der Waals surface area contributed by atoms with E-state index in [0.29, 0.717) is 24.8 Å². The number of carbonyl (C=O) groups excluding carboxylic acids is 1. The van der Waals surface area contributed by atoms with Crippen LogP contribution in [0.3, 0.4) is 0 Å². The van der Waals surface area contributed by atoms with Gasteiger partial charge in [0.15, 0.2) is 0 Å². The lowest BCUT2D eigenvalue weighted by Crippen LogP contribution is -2.33. The van der Waals surface area contributed by atoms with Crippen LogP contribution in [0.25, 0.3) is 0 Å². The van der Waals surface area contributed by atoms with Crippen LogP contribution >= 0.6 is 12.4 Å². The van der Waals surface area contributed by atoms with Gasteiger partial charge < -0.3 is 10.6 Å². The second-order valence-corrected chi connectivity index (χ2v) is 7.02. The van der Waals surface area contributed by atoms with Gasteiger partial charge in [-0.25, -0.2) is 0 Å². The monoisotopic (exact) mass is 376 g/mol. The molecular weight excluding hydrogens is 348 g/mol. The highest BCUT2D eigenvalue weighted by atomic mass is 35.5. The molecule has 1 atom stereocenters. The van der Waals surface area contributed by atoms with Crippen molar-refractivity contribution in [2.24, 2.45) is 11.8 Å². The molecule has 1 aromatic heterocycles. The molecule has 2 heterocycles. The SMILES string of the molecule is CC(CC(=O)NCc1ccccc1Cn1cccn1)C1CCNCC1.Cl. The Morgan fingerprint density at radius 2 is 2.00 bits per heavy atom. The van der Waals surface area contributed by atoms with Crippen molar-refractivity contribution in [3.63, 3.8) is 0 Å². The minimum atomic E-state index is 0. The number of nitrogens with zero attached hydrogens (tertiary/aromatic N) is 2. The third-order valence-corrected chi connectivity index (χ3v) is 5.18. The van der Waals surface area contributed by atoms with Gasteiger partial charge in [-0.2, -0.15) is 5.10 Å². The van der Waals surface area contributed by atoms with E-state index in [-0.39, 0.29) is 18.3 Å². The molecule has 1 aliphatic rings. The van der Waals surface area contributed by atoms with Gasteiger partial charge in [0.1, 0.15) is 0 Å². The molecule has 142 valence electrons. The molecule has 1 aliphatic heterocycles. The predicted octanol–water partition coefficient (Wildman–Crippen LogP) is 3.00. The zero-order chi connectivity index (χ0) is 17.5.